The molecule has 10 N–H and O–H groups in total. The number of carbonyl (C=O) groups is 8. The average molecular weight is 1550 g/mol. The molecule has 11 aliphatic rings. The minimum absolute atomic E-state index is 0. The minimum Gasteiger partial charge on any atom is -1.00 e. The van der Waals surface area contributed by atoms with E-state index in [0.717, 1.165) is 72.6 Å². The molecule has 15 rings (SSSR count). The smallest absolute Gasteiger partial charge is 0.475 e. The number of carboxylic acid groups (broad SMARTS) is 2. The number of nitrogens with one attached hydrogen (secondary N) is 3. The highest BCUT2D eigenvalue weighted by molar-refractivity contribution is 6.48. The van der Waals surface area contributed by atoms with Gasteiger partial charge in [-0.25, -0.2) is 4.79 Å². The van der Waals surface area contributed by atoms with E-state index in [9.17, 15) is 56.8 Å². The molecule has 4 aromatic carbocycles. The van der Waals surface area contributed by atoms with Crippen molar-refractivity contribution in [2.45, 2.75) is 263 Å². The Labute approximate surface area is 653 Å². The quantitative estimate of drug-likeness (QED) is 0.0278. The second-order valence-electron chi connectivity index (χ2n) is 33.5. The van der Waals surface area contributed by atoms with Gasteiger partial charge in [-0.1, -0.05) is 188 Å². The van der Waals surface area contributed by atoms with E-state index in [0.29, 0.717) is 78.9 Å². The number of aliphatic carboxylic acids is 2. The Bertz CT molecular complexity index is 3680. The molecule has 28 heteroatoms. The van der Waals surface area contributed by atoms with Crippen molar-refractivity contribution in [2.75, 3.05) is 0 Å². The van der Waals surface area contributed by atoms with E-state index >= 15 is 0 Å². The van der Waals surface area contributed by atoms with Crippen molar-refractivity contribution in [3.05, 3.63) is 144 Å². The predicted molar refractivity (Wildman–Crippen MR) is 408 cm³/mol. The summed E-state index contributed by atoms with van der Waals surface area (Å²) < 4.78 is 57.5. The first-order chi connectivity index (χ1) is 51.3. The Hall–Kier alpha value is -6.81. The van der Waals surface area contributed by atoms with Gasteiger partial charge in [0.2, 0.25) is 17.7 Å². The van der Waals surface area contributed by atoms with Crippen molar-refractivity contribution in [2.24, 2.45) is 63.7 Å². The van der Waals surface area contributed by atoms with E-state index in [4.69, 9.17) is 45.1 Å². The maximum absolute atomic E-state index is 13.5. The summed E-state index contributed by atoms with van der Waals surface area (Å²) in [7, 11) is -1.98. The highest BCUT2D eigenvalue weighted by atomic mass is 35.5. The molecule has 9 aliphatic carbocycles. The zero-order valence-electron chi connectivity index (χ0n) is 65.3. The molecule has 2 saturated heterocycles. The lowest BCUT2D eigenvalue weighted by Gasteiger charge is -2.64. The third-order valence-corrected chi connectivity index (χ3v) is 24.1. The first-order valence-electron chi connectivity index (χ1n) is 38.8. The number of hydrogen-bond donors (Lipinski definition) is 8. The molecule has 15 atom stereocenters. The summed E-state index contributed by atoms with van der Waals surface area (Å²) >= 11 is 0. The molecule has 7 unspecified atom stereocenters. The van der Waals surface area contributed by atoms with Crippen molar-refractivity contribution in [3.8, 4) is 0 Å². The number of halogens is 4. The number of amides is 3. The number of hydrogen-bond acceptors (Lipinski definition) is 17. The van der Waals surface area contributed by atoms with Gasteiger partial charge in [-0.05, 0) is 159 Å². The molecule has 11 fully saturated rings. The molecule has 21 nitrogen and oxygen atoms in total. The van der Waals surface area contributed by atoms with Crippen LogP contribution in [0, 0.1) is 52.3 Å². The van der Waals surface area contributed by atoms with Crippen molar-refractivity contribution in [1.29, 1.82) is 0 Å². The zero-order valence-corrected chi connectivity index (χ0v) is 66.0. The molecule has 4 aromatic rings. The van der Waals surface area contributed by atoms with Crippen LogP contribution in [0.3, 0.4) is 0 Å². The number of carboxylic acids is 2. The van der Waals surface area contributed by atoms with Gasteiger partial charge in [0.25, 0.3) is 0 Å². The largest absolute Gasteiger partial charge is 1.00 e. The Morgan fingerprint density at radius 2 is 0.864 bits per heavy atom. The van der Waals surface area contributed by atoms with Crippen molar-refractivity contribution in [3.63, 3.8) is 0 Å². The third-order valence-electron chi connectivity index (χ3n) is 24.1. The molecule has 2 aliphatic heterocycles. The number of benzene rings is 4. The van der Waals surface area contributed by atoms with Gasteiger partial charge in [0, 0.05) is 57.6 Å². The fourth-order valence-corrected chi connectivity index (χ4v) is 17.0. The number of alkyl halides is 3. The summed E-state index contributed by atoms with van der Waals surface area (Å²) in [4.78, 5) is 90.5. The Morgan fingerprint density at radius 1 is 0.527 bits per heavy atom. The molecule has 0 radical (unpaired) electrons. The van der Waals surface area contributed by atoms with Crippen molar-refractivity contribution >= 4 is 68.4 Å². The minimum atomic E-state index is -5.19. The lowest BCUT2D eigenvalue weighted by Crippen LogP contribution is -3.00. The molecule has 9 saturated carbocycles. The highest BCUT2D eigenvalue weighted by Gasteiger charge is 2.70. The summed E-state index contributed by atoms with van der Waals surface area (Å²) in [5.41, 5.74) is 16.3. The number of ketones is 3. The van der Waals surface area contributed by atoms with Crippen molar-refractivity contribution < 1.29 is 103 Å². The molecule has 110 heavy (non-hydrogen) atoms. The molecule has 3 amide bonds. The fraction of sp³-hybridized carbons (Fsp3) is 0.610. The van der Waals surface area contributed by atoms with Crippen molar-refractivity contribution in [1.82, 2.24) is 16.0 Å². The molecular formula is C82H114B3ClF3N5O16-2. The maximum Gasteiger partial charge on any atom is 0.475 e. The van der Waals surface area contributed by atoms with Crippen LogP contribution >= 0.6 is 0 Å². The first-order valence-corrected chi connectivity index (χ1v) is 38.8. The van der Waals surface area contributed by atoms with Gasteiger partial charge in [-0.3, -0.25) is 28.8 Å². The van der Waals surface area contributed by atoms with Gasteiger partial charge >= 0.3 is 33.5 Å². The number of Topliss-reactive ketones (excluding diaryl/α,β-unsaturated/α-hetero) is 3. The summed E-state index contributed by atoms with van der Waals surface area (Å²) in [6.45, 7) is 19.7. The standard InChI is InChI=1S/C27H38BNO4.C17H24BNO4.C15H26BNO2.C11H13NO3.C10H13NO.C2HF3O2.ClH/c1-17(30)29-22(13-18-8-6-5-7-9-18)23(31)16-21(12-19-10-11-19)28-32-25-15-20-14-24(26(20,2)3)27(25,4)33-28;1-12(20)19-16(10-13-5-3-2-4-6-13)17(21)11-15(18(22)23)9-14-7-8-14;1-14(2)10-7-11(14)15(3)12(8-10)18-16(19-15)13(17)6-9-4-5-9;1-8(13)12-10(11(14)15)7-9-5-3-2-4-6-9;1-8(12)10(11)7-9-5-3-2-4-6-9;3-2(4,5)1(6)7;/h5-9,19-22,24-25H,10-16H2,1-4H3,(H,29,30);2-6,14-16,22-23H,7-11H2,1H3,(H,19,20);9-13H,4-8,17H2,1-3H3;2-6,10H,7H2,1H3,(H,12,13)(H,14,15);2-6,10H,7,11H2,1H3;(H,6,7);1H/p-2/t20-,21?,22?,24-,25+,27-;;10-,11-,12+,13?,15-;;;;/m0.0..../s1. The fourth-order valence-electron chi connectivity index (χ4n) is 17.0. The molecule has 2 heterocycles. The number of rotatable bonds is 28. The van der Waals surface area contributed by atoms with Gasteiger partial charge in [-0.15, -0.1) is 0 Å². The van der Waals surface area contributed by atoms with E-state index in [-0.39, 0.29) is 109 Å². The highest BCUT2D eigenvalue weighted by Crippen LogP contribution is 2.67. The van der Waals surface area contributed by atoms with E-state index in [1.165, 1.54) is 66.2 Å². The third kappa shape index (κ3) is 25.9. The zero-order chi connectivity index (χ0) is 79.9. The summed E-state index contributed by atoms with van der Waals surface area (Å²) in [6.07, 6.45) is 12.3. The van der Waals surface area contributed by atoms with E-state index < -0.39 is 49.2 Å². The molecule has 0 aromatic heterocycles. The van der Waals surface area contributed by atoms with Crippen LogP contribution in [0.5, 0.6) is 0 Å². The molecule has 602 valence electrons. The van der Waals surface area contributed by atoms with E-state index in [1.54, 1.807) is 0 Å². The van der Waals surface area contributed by atoms with Crippen LogP contribution in [-0.4, -0.2) is 143 Å². The maximum atomic E-state index is 13.5. The van der Waals surface area contributed by atoms with Gasteiger partial charge in [-0.2, -0.15) is 13.2 Å². The summed E-state index contributed by atoms with van der Waals surface area (Å²) in [5.74, 6) is -0.480. The molecule has 4 bridgehead atoms. The Balaban J connectivity index is 0.000000194. The van der Waals surface area contributed by atoms with Crippen LogP contribution in [-0.2, 0) is 82.7 Å². The average Bonchev–Trinajstić information content (AvgIpc) is 1.40. The van der Waals surface area contributed by atoms with Crippen LogP contribution < -0.4 is 44.9 Å². The lowest BCUT2D eigenvalue weighted by molar-refractivity contribution is -0.344. The number of carbonyl (C=O) groups excluding carboxylic acids is 7. The normalized spacial score (nSPS) is 25.6. The van der Waals surface area contributed by atoms with Crippen LogP contribution in [0.15, 0.2) is 121 Å². The second kappa shape index (κ2) is 39.8. The monoisotopic (exact) mass is 1550 g/mol. The molecular weight excluding hydrogens is 1440 g/mol. The predicted octanol–water partition coefficient (Wildman–Crippen LogP) is 6.58. The van der Waals surface area contributed by atoms with Crippen LogP contribution in [0.4, 0.5) is 13.2 Å². The van der Waals surface area contributed by atoms with Crippen LogP contribution in [0.1, 0.15) is 188 Å². The van der Waals surface area contributed by atoms with Gasteiger partial charge in [0.15, 0.2) is 11.6 Å². The van der Waals surface area contributed by atoms with Gasteiger partial charge in [0.05, 0.1) is 41.5 Å². The van der Waals surface area contributed by atoms with Crippen LogP contribution in [0.25, 0.3) is 0 Å². The topological polar surface area (TPSA) is 345 Å². The van der Waals surface area contributed by atoms with Crippen LogP contribution in [0.2, 0.25) is 11.6 Å². The first kappa shape index (κ1) is 90.4. The second-order valence-corrected chi connectivity index (χ2v) is 33.5. The van der Waals surface area contributed by atoms with E-state index in [1.807, 2.05) is 121 Å². The van der Waals surface area contributed by atoms with Gasteiger partial charge in [0.1, 0.15) is 17.8 Å². The summed E-state index contributed by atoms with van der Waals surface area (Å²) in [6, 6.07) is 36.0. The lowest BCUT2D eigenvalue weighted by atomic mass is 9.43. The SMILES string of the molecule is CC(=O)C(N)Cc1ccccc1.CC(=O)NC(Cc1ccccc1)C(=O)CC(CC1CC1)B(O)O.CC(=O)NC(Cc1ccccc1)C(=O)CC(CC1CC1)B1O[C@@H]2C[C@@H]3C[C@@H](C3(C)C)[C@]2(C)O1.CC(=O)NC(Cc1ccccc1)C(=O)O.CC1(C)[C@@H]2C[C@H]3OB(C(N)CC4CC4)O[C@@]3(C)[C@H]1C2.O=C([O-])C(F)(F)F.[Cl-]. The molecule has 0 spiro atoms. The van der Waals surface area contributed by atoms with E-state index in [2.05, 4.69) is 57.5 Å². The number of nitrogens with two attached hydrogens (primary N) is 2. The Morgan fingerprint density at radius 3 is 1.21 bits per heavy atom. The van der Waals surface area contributed by atoms with Gasteiger partial charge < -0.3 is 83.5 Å². The summed E-state index contributed by atoms with van der Waals surface area (Å²) in [5, 5.41) is 44.7. The Kier molecular flexibility index (Phi) is 32.7.